The molecule has 2 nitrogen and oxygen atoms in total. The molecule has 0 saturated heterocycles. The van der Waals surface area contributed by atoms with E-state index in [1.807, 2.05) is 12.1 Å². The van der Waals surface area contributed by atoms with Gasteiger partial charge in [0.1, 0.15) is 12.4 Å². The zero-order valence-corrected chi connectivity index (χ0v) is 12.0. The molecule has 3 aromatic rings. The monoisotopic (exact) mass is 265 g/mol. The van der Waals surface area contributed by atoms with E-state index in [1.54, 1.807) is 0 Å². The van der Waals surface area contributed by atoms with Crippen molar-refractivity contribution in [2.24, 2.45) is 0 Å². The molecular weight excluding hydrogens is 246 g/mol. The quantitative estimate of drug-likeness (QED) is 0.675. The number of fused-ring (bicyclic) bond motifs is 1. The molecule has 0 aliphatic heterocycles. The molecular formula is C18H19NO. The number of ether oxygens (including phenoxy) is 1. The molecule has 102 valence electrons. The molecule has 0 amide bonds. The predicted octanol–water partition coefficient (Wildman–Crippen LogP) is 4.55. The van der Waals surface area contributed by atoms with Crippen molar-refractivity contribution in [1.82, 2.24) is 4.57 Å². The van der Waals surface area contributed by atoms with Crippen LogP contribution in [-0.4, -0.2) is 4.57 Å². The molecule has 0 aliphatic rings. The number of nitrogens with zero attached hydrogens (tertiary/aromatic N) is 1. The van der Waals surface area contributed by atoms with E-state index in [0.29, 0.717) is 6.61 Å². The van der Waals surface area contributed by atoms with E-state index in [9.17, 15) is 0 Å². The molecule has 1 aromatic heterocycles. The molecule has 0 fully saturated rings. The minimum absolute atomic E-state index is 0.608. The lowest BCUT2D eigenvalue weighted by Crippen LogP contribution is -1.95. The van der Waals surface area contributed by atoms with Crippen LogP contribution in [0.4, 0.5) is 0 Å². The third-order valence-corrected chi connectivity index (χ3v) is 3.60. The highest BCUT2D eigenvalue weighted by atomic mass is 16.5. The van der Waals surface area contributed by atoms with E-state index in [1.165, 1.54) is 22.0 Å². The fraction of sp³-hybridized carbons (Fsp3) is 0.222. The van der Waals surface area contributed by atoms with E-state index in [4.69, 9.17) is 4.74 Å². The Labute approximate surface area is 119 Å². The van der Waals surface area contributed by atoms with E-state index in [-0.39, 0.29) is 0 Å². The van der Waals surface area contributed by atoms with Crippen LogP contribution in [0.2, 0.25) is 0 Å². The van der Waals surface area contributed by atoms with Gasteiger partial charge in [0.05, 0.1) is 0 Å². The molecule has 2 aromatic carbocycles. The number of para-hydroxylation sites is 1. The highest BCUT2D eigenvalue weighted by molar-refractivity contribution is 5.83. The smallest absolute Gasteiger partial charge is 0.120 e. The summed E-state index contributed by atoms with van der Waals surface area (Å²) in [5.74, 6) is 0.929. The summed E-state index contributed by atoms with van der Waals surface area (Å²) in [6.07, 6.45) is 2.19. The van der Waals surface area contributed by atoms with Crippen molar-refractivity contribution in [1.29, 1.82) is 0 Å². The summed E-state index contributed by atoms with van der Waals surface area (Å²) in [7, 11) is 0. The Morgan fingerprint density at radius 3 is 2.70 bits per heavy atom. The van der Waals surface area contributed by atoms with Crippen LogP contribution in [0.1, 0.15) is 18.1 Å². The van der Waals surface area contributed by atoms with Crippen molar-refractivity contribution in [3.8, 4) is 5.75 Å². The Morgan fingerprint density at radius 2 is 1.90 bits per heavy atom. The molecule has 0 atom stereocenters. The average Bonchev–Trinajstić information content (AvgIpc) is 2.83. The van der Waals surface area contributed by atoms with Gasteiger partial charge in [0.2, 0.25) is 0 Å². The van der Waals surface area contributed by atoms with E-state index >= 15 is 0 Å². The maximum atomic E-state index is 5.93. The van der Waals surface area contributed by atoms with Crippen LogP contribution >= 0.6 is 0 Å². The van der Waals surface area contributed by atoms with Crippen molar-refractivity contribution in [3.63, 3.8) is 0 Å². The highest BCUT2D eigenvalue weighted by Crippen LogP contribution is 2.23. The number of rotatable bonds is 4. The Kier molecular flexibility index (Phi) is 3.46. The van der Waals surface area contributed by atoms with E-state index in [2.05, 4.69) is 61.0 Å². The summed E-state index contributed by atoms with van der Waals surface area (Å²) >= 11 is 0. The number of hydrogen-bond acceptors (Lipinski definition) is 1. The van der Waals surface area contributed by atoms with Gasteiger partial charge in [-0.15, -0.1) is 0 Å². The molecule has 3 rings (SSSR count). The lowest BCUT2D eigenvalue weighted by atomic mass is 10.2. The molecule has 0 N–H and O–H groups in total. The fourth-order valence-corrected chi connectivity index (χ4v) is 2.57. The maximum Gasteiger partial charge on any atom is 0.120 e. The zero-order chi connectivity index (χ0) is 13.9. The Hall–Kier alpha value is -2.22. The summed E-state index contributed by atoms with van der Waals surface area (Å²) in [6.45, 7) is 5.83. The molecule has 0 aliphatic carbocycles. The van der Waals surface area contributed by atoms with Gasteiger partial charge in [-0.1, -0.05) is 30.3 Å². The molecule has 0 bridgehead atoms. The summed E-state index contributed by atoms with van der Waals surface area (Å²) in [4.78, 5) is 0. The Balaban J connectivity index is 1.88. The largest absolute Gasteiger partial charge is 0.489 e. The van der Waals surface area contributed by atoms with Gasteiger partial charge < -0.3 is 9.30 Å². The third kappa shape index (κ3) is 2.42. The fourth-order valence-electron chi connectivity index (χ4n) is 2.57. The standard InChI is InChI=1S/C18H19NO/c1-3-19-12-15(17-9-4-5-10-18(17)19)13-20-16-8-6-7-14(2)11-16/h4-12H,3,13H2,1-2H3. The second-order valence-electron chi connectivity index (χ2n) is 5.06. The Morgan fingerprint density at radius 1 is 1.05 bits per heavy atom. The van der Waals surface area contributed by atoms with Crippen LogP contribution in [0.25, 0.3) is 10.9 Å². The van der Waals surface area contributed by atoms with Gasteiger partial charge in [0, 0.05) is 29.2 Å². The van der Waals surface area contributed by atoms with Crippen molar-refractivity contribution >= 4 is 10.9 Å². The van der Waals surface area contributed by atoms with Crippen LogP contribution < -0.4 is 4.74 Å². The van der Waals surface area contributed by atoms with Gasteiger partial charge in [0.25, 0.3) is 0 Å². The van der Waals surface area contributed by atoms with Crippen molar-refractivity contribution in [2.45, 2.75) is 27.0 Å². The topological polar surface area (TPSA) is 14.2 Å². The predicted molar refractivity (Wildman–Crippen MR) is 83.1 cm³/mol. The van der Waals surface area contributed by atoms with Crippen molar-refractivity contribution in [3.05, 3.63) is 65.9 Å². The maximum absolute atomic E-state index is 5.93. The van der Waals surface area contributed by atoms with Crippen LogP contribution in [-0.2, 0) is 13.2 Å². The number of hydrogen-bond donors (Lipinski definition) is 0. The first-order valence-corrected chi connectivity index (χ1v) is 7.04. The molecule has 0 unspecified atom stereocenters. The SMILES string of the molecule is CCn1cc(COc2cccc(C)c2)c2ccccc21. The number of aryl methyl sites for hydroxylation is 2. The number of benzene rings is 2. The van der Waals surface area contributed by atoms with Gasteiger partial charge in [-0.2, -0.15) is 0 Å². The van der Waals surface area contributed by atoms with Crippen LogP contribution in [0.5, 0.6) is 5.75 Å². The highest BCUT2D eigenvalue weighted by Gasteiger charge is 2.07. The zero-order valence-electron chi connectivity index (χ0n) is 12.0. The van der Waals surface area contributed by atoms with Gasteiger partial charge in [-0.3, -0.25) is 0 Å². The van der Waals surface area contributed by atoms with Gasteiger partial charge in [0.15, 0.2) is 0 Å². The van der Waals surface area contributed by atoms with Gasteiger partial charge in [-0.05, 0) is 37.6 Å². The lowest BCUT2D eigenvalue weighted by Gasteiger charge is -2.06. The lowest BCUT2D eigenvalue weighted by molar-refractivity contribution is 0.307. The van der Waals surface area contributed by atoms with E-state index < -0.39 is 0 Å². The first-order chi connectivity index (χ1) is 9.78. The van der Waals surface area contributed by atoms with Crippen molar-refractivity contribution < 1.29 is 4.74 Å². The molecule has 20 heavy (non-hydrogen) atoms. The first kappa shape index (κ1) is 12.8. The second-order valence-corrected chi connectivity index (χ2v) is 5.06. The average molecular weight is 265 g/mol. The van der Waals surface area contributed by atoms with Crippen LogP contribution in [0, 0.1) is 6.92 Å². The molecule has 0 saturated carbocycles. The van der Waals surface area contributed by atoms with Crippen molar-refractivity contribution in [2.75, 3.05) is 0 Å². The summed E-state index contributed by atoms with van der Waals surface area (Å²) in [6, 6.07) is 16.7. The normalized spacial score (nSPS) is 10.9. The van der Waals surface area contributed by atoms with Crippen LogP contribution in [0.15, 0.2) is 54.7 Å². The van der Waals surface area contributed by atoms with Crippen LogP contribution in [0.3, 0.4) is 0 Å². The minimum atomic E-state index is 0.608. The third-order valence-electron chi connectivity index (χ3n) is 3.60. The second kappa shape index (κ2) is 5.41. The minimum Gasteiger partial charge on any atom is -0.489 e. The Bertz CT molecular complexity index is 727. The molecule has 0 radical (unpaired) electrons. The molecule has 0 spiro atoms. The molecule has 2 heteroatoms. The summed E-state index contributed by atoms with van der Waals surface area (Å²) < 4.78 is 8.19. The van der Waals surface area contributed by atoms with E-state index in [0.717, 1.165) is 12.3 Å². The number of aromatic nitrogens is 1. The van der Waals surface area contributed by atoms with Gasteiger partial charge in [-0.25, -0.2) is 0 Å². The van der Waals surface area contributed by atoms with Gasteiger partial charge >= 0.3 is 0 Å². The summed E-state index contributed by atoms with van der Waals surface area (Å²) in [5, 5.41) is 1.28. The summed E-state index contributed by atoms with van der Waals surface area (Å²) in [5.41, 5.74) is 3.74. The first-order valence-electron chi connectivity index (χ1n) is 7.04. The molecule has 1 heterocycles.